The highest BCUT2D eigenvalue weighted by Crippen LogP contribution is 2.27. The molecule has 0 aliphatic rings. The van der Waals surface area contributed by atoms with Crippen molar-refractivity contribution in [3.8, 4) is 0 Å². The minimum Gasteiger partial charge on any atom is -0.388 e. The van der Waals surface area contributed by atoms with Crippen molar-refractivity contribution in [1.82, 2.24) is 4.98 Å². The lowest BCUT2D eigenvalue weighted by atomic mass is 10.0. The van der Waals surface area contributed by atoms with Crippen molar-refractivity contribution in [3.63, 3.8) is 0 Å². The zero-order chi connectivity index (χ0) is 13.1. The normalized spacial score (nSPS) is 11.2. The maximum atomic E-state index is 5.17. The Morgan fingerprint density at radius 2 is 2.06 bits per heavy atom. The van der Waals surface area contributed by atoms with Gasteiger partial charge in [-0.2, -0.15) is 0 Å². The van der Waals surface area contributed by atoms with Crippen LogP contribution in [-0.2, 0) is 11.3 Å². The Kier molecular flexibility index (Phi) is 3.82. The molecule has 1 aromatic heterocycles. The molecular formula is C15H20N2O. The van der Waals surface area contributed by atoms with Crippen LogP contribution in [0.15, 0.2) is 24.3 Å². The molecule has 2 aromatic rings. The quantitative estimate of drug-likeness (QED) is 0.893. The predicted molar refractivity (Wildman–Crippen MR) is 76.1 cm³/mol. The number of anilines is 1. The third-order valence-corrected chi connectivity index (χ3v) is 3.06. The van der Waals surface area contributed by atoms with Gasteiger partial charge in [0.1, 0.15) is 0 Å². The fourth-order valence-electron chi connectivity index (χ4n) is 2.05. The van der Waals surface area contributed by atoms with Crippen LogP contribution >= 0.6 is 0 Å². The summed E-state index contributed by atoms with van der Waals surface area (Å²) in [6.07, 6.45) is 0. The van der Waals surface area contributed by atoms with Crippen molar-refractivity contribution in [2.24, 2.45) is 0 Å². The molecule has 2 rings (SSSR count). The van der Waals surface area contributed by atoms with Gasteiger partial charge < -0.3 is 10.1 Å². The zero-order valence-electron chi connectivity index (χ0n) is 11.4. The molecule has 3 heteroatoms. The second kappa shape index (κ2) is 5.36. The van der Waals surface area contributed by atoms with Crippen molar-refractivity contribution in [1.29, 1.82) is 0 Å². The summed E-state index contributed by atoms with van der Waals surface area (Å²) in [5.41, 5.74) is 4.44. The molecule has 0 aliphatic carbocycles. The lowest BCUT2D eigenvalue weighted by Crippen LogP contribution is -1.99. The van der Waals surface area contributed by atoms with E-state index in [0.29, 0.717) is 12.5 Å². The summed E-state index contributed by atoms with van der Waals surface area (Å²) in [4.78, 5) is 4.70. The van der Waals surface area contributed by atoms with Crippen LogP contribution in [0.25, 0.3) is 10.9 Å². The van der Waals surface area contributed by atoms with Crippen molar-refractivity contribution in [2.75, 3.05) is 19.5 Å². The van der Waals surface area contributed by atoms with Gasteiger partial charge >= 0.3 is 0 Å². The molecule has 1 aromatic carbocycles. The lowest BCUT2D eigenvalue weighted by molar-refractivity contribution is 0.185. The number of ether oxygens (including phenoxy) is 1. The van der Waals surface area contributed by atoms with Crippen LogP contribution in [0.1, 0.15) is 31.0 Å². The van der Waals surface area contributed by atoms with E-state index in [1.807, 2.05) is 7.05 Å². The number of nitrogens with zero attached hydrogens (tertiary/aromatic N) is 1. The summed E-state index contributed by atoms with van der Waals surface area (Å²) in [5, 5.41) is 4.40. The maximum Gasteiger partial charge on any atom is 0.0726 e. The molecule has 0 bridgehead atoms. The van der Waals surface area contributed by atoms with Crippen LogP contribution in [0.4, 0.5) is 5.69 Å². The van der Waals surface area contributed by atoms with Gasteiger partial charge in [-0.05, 0) is 29.7 Å². The van der Waals surface area contributed by atoms with Gasteiger partial charge in [-0.15, -0.1) is 0 Å². The van der Waals surface area contributed by atoms with Crippen molar-refractivity contribution >= 4 is 16.6 Å². The number of aromatic nitrogens is 1. The Hall–Kier alpha value is -1.61. The Morgan fingerprint density at radius 1 is 1.28 bits per heavy atom. The first kappa shape index (κ1) is 12.8. The standard InChI is InChI=1S/C15H20N2O/c1-10(2)14-8-15(16-3)12-7-11(9-18-4)5-6-13(12)17-14/h5-8,10H,9H2,1-4H3,(H,16,17). The molecule has 0 fully saturated rings. The van der Waals surface area contributed by atoms with Gasteiger partial charge in [0.2, 0.25) is 0 Å². The monoisotopic (exact) mass is 244 g/mol. The number of hydrogen-bond donors (Lipinski definition) is 1. The lowest BCUT2D eigenvalue weighted by Gasteiger charge is -2.12. The van der Waals surface area contributed by atoms with Crippen molar-refractivity contribution < 1.29 is 4.74 Å². The van der Waals surface area contributed by atoms with Crippen LogP contribution in [-0.4, -0.2) is 19.1 Å². The van der Waals surface area contributed by atoms with Gasteiger partial charge in [-0.3, -0.25) is 4.98 Å². The highest BCUT2D eigenvalue weighted by molar-refractivity contribution is 5.92. The number of pyridine rings is 1. The first-order valence-corrected chi connectivity index (χ1v) is 6.26. The first-order chi connectivity index (χ1) is 8.65. The number of hydrogen-bond acceptors (Lipinski definition) is 3. The molecule has 1 heterocycles. The van der Waals surface area contributed by atoms with E-state index in [-0.39, 0.29) is 0 Å². The van der Waals surface area contributed by atoms with Gasteiger partial charge in [0.05, 0.1) is 12.1 Å². The third kappa shape index (κ3) is 2.46. The van der Waals surface area contributed by atoms with Crippen LogP contribution in [0.5, 0.6) is 0 Å². The number of nitrogens with one attached hydrogen (secondary N) is 1. The molecular weight excluding hydrogens is 224 g/mol. The molecule has 0 aliphatic heterocycles. The number of methoxy groups -OCH3 is 1. The average molecular weight is 244 g/mol. The molecule has 0 saturated carbocycles. The van der Waals surface area contributed by atoms with Crippen LogP contribution in [0.3, 0.4) is 0 Å². The largest absolute Gasteiger partial charge is 0.388 e. The summed E-state index contributed by atoms with van der Waals surface area (Å²) in [6.45, 7) is 4.95. The molecule has 1 N–H and O–H groups in total. The Bertz CT molecular complexity index is 549. The summed E-state index contributed by atoms with van der Waals surface area (Å²) >= 11 is 0. The van der Waals surface area contributed by atoms with Crippen molar-refractivity contribution in [3.05, 3.63) is 35.5 Å². The number of fused-ring (bicyclic) bond motifs is 1. The van der Waals surface area contributed by atoms with E-state index < -0.39 is 0 Å². The summed E-state index contributed by atoms with van der Waals surface area (Å²) in [6, 6.07) is 8.41. The predicted octanol–water partition coefficient (Wildman–Crippen LogP) is 3.55. The minimum atomic E-state index is 0.431. The van der Waals surface area contributed by atoms with Gasteiger partial charge in [0.25, 0.3) is 0 Å². The van der Waals surface area contributed by atoms with E-state index in [1.165, 1.54) is 5.56 Å². The summed E-state index contributed by atoms with van der Waals surface area (Å²) in [5.74, 6) is 0.431. The molecule has 0 unspecified atom stereocenters. The van der Waals surface area contributed by atoms with Crippen LogP contribution in [0, 0.1) is 0 Å². The first-order valence-electron chi connectivity index (χ1n) is 6.26. The summed E-state index contributed by atoms with van der Waals surface area (Å²) in [7, 11) is 3.66. The Morgan fingerprint density at radius 3 is 2.67 bits per heavy atom. The SMILES string of the molecule is CNc1cc(C(C)C)nc2ccc(COC)cc12. The smallest absolute Gasteiger partial charge is 0.0726 e. The average Bonchev–Trinajstić information content (AvgIpc) is 2.37. The molecule has 0 atom stereocenters. The van der Waals surface area contributed by atoms with Crippen LogP contribution < -0.4 is 5.32 Å². The van der Waals surface area contributed by atoms with Gasteiger partial charge in [0, 0.05) is 30.9 Å². The second-order valence-electron chi connectivity index (χ2n) is 4.78. The molecule has 0 amide bonds. The number of benzene rings is 1. The Balaban J connectivity index is 2.60. The van der Waals surface area contributed by atoms with E-state index in [2.05, 4.69) is 43.4 Å². The Labute approximate surface area is 108 Å². The molecule has 0 saturated heterocycles. The fourth-order valence-corrected chi connectivity index (χ4v) is 2.05. The molecule has 96 valence electrons. The van der Waals surface area contributed by atoms with E-state index in [0.717, 1.165) is 22.3 Å². The van der Waals surface area contributed by atoms with E-state index in [9.17, 15) is 0 Å². The van der Waals surface area contributed by atoms with Crippen LogP contribution in [0.2, 0.25) is 0 Å². The van der Waals surface area contributed by atoms with E-state index in [1.54, 1.807) is 7.11 Å². The van der Waals surface area contributed by atoms with Gasteiger partial charge in [-0.25, -0.2) is 0 Å². The minimum absolute atomic E-state index is 0.431. The van der Waals surface area contributed by atoms with Gasteiger partial charge in [-0.1, -0.05) is 19.9 Å². The third-order valence-electron chi connectivity index (χ3n) is 3.06. The number of rotatable bonds is 4. The van der Waals surface area contributed by atoms with E-state index in [4.69, 9.17) is 9.72 Å². The topological polar surface area (TPSA) is 34.2 Å². The van der Waals surface area contributed by atoms with E-state index >= 15 is 0 Å². The van der Waals surface area contributed by atoms with Gasteiger partial charge in [0.15, 0.2) is 0 Å². The molecule has 3 nitrogen and oxygen atoms in total. The molecule has 18 heavy (non-hydrogen) atoms. The molecule has 0 radical (unpaired) electrons. The second-order valence-corrected chi connectivity index (χ2v) is 4.78. The zero-order valence-corrected chi connectivity index (χ0v) is 11.4. The fraction of sp³-hybridized carbons (Fsp3) is 0.400. The highest BCUT2D eigenvalue weighted by Gasteiger charge is 2.08. The maximum absolute atomic E-state index is 5.17. The molecule has 0 spiro atoms. The highest BCUT2D eigenvalue weighted by atomic mass is 16.5. The summed E-state index contributed by atoms with van der Waals surface area (Å²) < 4.78 is 5.17. The van der Waals surface area contributed by atoms with Crippen molar-refractivity contribution in [2.45, 2.75) is 26.4 Å².